The second kappa shape index (κ2) is 7.04. The van der Waals surface area contributed by atoms with Crippen LogP contribution in [0.15, 0.2) is 54.9 Å². The Morgan fingerprint density at radius 3 is 1.72 bits per heavy atom. The maximum atomic E-state index is 11.8. The Balaban J connectivity index is 1.51. The van der Waals surface area contributed by atoms with Gasteiger partial charge in [0.1, 0.15) is 6.33 Å². The van der Waals surface area contributed by atoms with Crippen LogP contribution in [0.2, 0.25) is 0 Å². The molecule has 0 radical (unpaired) electrons. The van der Waals surface area contributed by atoms with Crippen molar-refractivity contribution in [1.82, 2.24) is 19.9 Å². The highest BCUT2D eigenvalue weighted by Gasteiger charge is 2.25. The van der Waals surface area contributed by atoms with Crippen molar-refractivity contribution in [3.05, 3.63) is 65.0 Å². The third-order valence-electron chi connectivity index (χ3n) is 4.04. The lowest BCUT2D eigenvalue weighted by Gasteiger charge is -2.06. The zero-order valence-corrected chi connectivity index (χ0v) is 16.2. The molecule has 0 saturated carbocycles. The van der Waals surface area contributed by atoms with E-state index in [4.69, 9.17) is 0 Å². The molecular weight excluding hydrogens is 410 g/mol. The summed E-state index contributed by atoms with van der Waals surface area (Å²) < 4.78 is 1.94. The topological polar surface area (TPSA) is 119 Å². The summed E-state index contributed by atoms with van der Waals surface area (Å²) in [7, 11) is 0. The van der Waals surface area contributed by atoms with Crippen LogP contribution in [-0.2, 0) is 0 Å². The summed E-state index contributed by atoms with van der Waals surface area (Å²) in [5.74, 6) is 0.125. The van der Waals surface area contributed by atoms with E-state index in [-0.39, 0.29) is 17.3 Å². The van der Waals surface area contributed by atoms with Gasteiger partial charge in [0, 0.05) is 0 Å². The van der Waals surface area contributed by atoms with E-state index in [1.54, 1.807) is 0 Å². The van der Waals surface area contributed by atoms with Crippen molar-refractivity contribution < 1.29 is 4.92 Å². The monoisotopic (exact) mass is 421 g/mol. The van der Waals surface area contributed by atoms with Crippen molar-refractivity contribution in [2.45, 2.75) is 0 Å². The first-order valence-electron chi connectivity index (χ1n) is 8.42. The number of fused-ring (bicyclic) bond motifs is 2. The van der Waals surface area contributed by atoms with Gasteiger partial charge < -0.3 is 10.6 Å². The van der Waals surface area contributed by atoms with E-state index in [2.05, 4.69) is 30.6 Å². The molecule has 0 saturated heterocycles. The fourth-order valence-electron chi connectivity index (χ4n) is 2.79. The average Bonchev–Trinajstić information content (AvgIpc) is 3.30. The second-order valence-corrected chi connectivity index (χ2v) is 7.96. The van der Waals surface area contributed by atoms with Crippen LogP contribution in [-0.4, -0.2) is 24.9 Å². The van der Waals surface area contributed by atoms with Gasteiger partial charge in [0.05, 0.1) is 25.4 Å². The van der Waals surface area contributed by atoms with Crippen molar-refractivity contribution in [3.8, 4) is 0 Å². The molecule has 11 heteroatoms. The van der Waals surface area contributed by atoms with E-state index in [0.717, 1.165) is 20.4 Å². The minimum atomic E-state index is -0.523. The molecular formula is C18H11N7O2S2. The van der Waals surface area contributed by atoms with Crippen LogP contribution in [0.1, 0.15) is 0 Å². The number of para-hydroxylation sites is 2. The summed E-state index contributed by atoms with van der Waals surface area (Å²) in [4.78, 5) is 28.3. The van der Waals surface area contributed by atoms with Gasteiger partial charge in [-0.2, -0.15) is 0 Å². The van der Waals surface area contributed by atoms with Crippen molar-refractivity contribution >= 4 is 70.7 Å². The van der Waals surface area contributed by atoms with Gasteiger partial charge >= 0.3 is 5.69 Å². The molecule has 3 aromatic heterocycles. The van der Waals surface area contributed by atoms with Gasteiger partial charge in [-0.1, -0.05) is 46.9 Å². The number of nitro groups is 1. The van der Waals surface area contributed by atoms with Gasteiger partial charge in [0.15, 0.2) is 10.3 Å². The Hall–Kier alpha value is -3.70. The lowest BCUT2D eigenvalue weighted by atomic mass is 10.3. The quantitative estimate of drug-likeness (QED) is 0.297. The average molecular weight is 421 g/mol. The fourth-order valence-corrected chi connectivity index (χ4v) is 4.52. The first kappa shape index (κ1) is 17.4. The zero-order chi connectivity index (χ0) is 19.8. The van der Waals surface area contributed by atoms with E-state index >= 15 is 0 Å². The molecule has 5 aromatic rings. The number of anilines is 4. The Bertz CT molecular complexity index is 1200. The van der Waals surface area contributed by atoms with Crippen LogP contribution in [0.4, 0.5) is 27.6 Å². The predicted molar refractivity (Wildman–Crippen MR) is 114 cm³/mol. The Morgan fingerprint density at radius 2 is 1.28 bits per heavy atom. The molecule has 0 aliphatic carbocycles. The highest BCUT2D eigenvalue weighted by atomic mass is 32.1. The summed E-state index contributed by atoms with van der Waals surface area (Å²) in [6.45, 7) is 0. The highest BCUT2D eigenvalue weighted by molar-refractivity contribution is 7.22. The van der Waals surface area contributed by atoms with Crippen molar-refractivity contribution in [1.29, 1.82) is 0 Å². The molecule has 0 aliphatic rings. The van der Waals surface area contributed by atoms with Crippen LogP contribution in [0.5, 0.6) is 0 Å². The number of hydrogen-bond acceptors (Lipinski definition) is 10. The van der Waals surface area contributed by atoms with Crippen molar-refractivity contribution in [2.75, 3.05) is 10.6 Å². The predicted octanol–water partition coefficient (Wildman–Crippen LogP) is 5.09. The molecule has 0 spiro atoms. The third kappa shape index (κ3) is 3.32. The lowest BCUT2D eigenvalue weighted by molar-refractivity contribution is -0.383. The first-order chi connectivity index (χ1) is 14.2. The van der Waals surface area contributed by atoms with Crippen LogP contribution in [0, 0.1) is 10.1 Å². The minimum absolute atomic E-state index is 0.0627. The Morgan fingerprint density at radius 1 is 0.793 bits per heavy atom. The minimum Gasteiger partial charge on any atom is -0.310 e. The van der Waals surface area contributed by atoms with Crippen molar-refractivity contribution in [3.63, 3.8) is 0 Å². The number of thiazole rings is 2. The standard InChI is InChI=1S/C18H11N7O2S2/c26-25(27)14-15(23-17-21-10-5-1-3-7-12(10)28-17)19-9-20-16(14)24-18-22-11-6-2-4-8-13(11)29-18/h1-9H,(H2,19,20,21,22,23,24). The smallest absolute Gasteiger partial charge is 0.310 e. The first-order valence-corrected chi connectivity index (χ1v) is 10.1. The largest absolute Gasteiger partial charge is 0.354 e. The summed E-state index contributed by atoms with van der Waals surface area (Å²) in [5, 5.41) is 18.7. The van der Waals surface area contributed by atoms with Gasteiger partial charge in [-0.3, -0.25) is 10.1 Å². The highest BCUT2D eigenvalue weighted by Crippen LogP contribution is 2.36. The van der Waals surface area contributed by atoms with Gasteiger partial charge in [-0.25, -0.2) is 19.9 Å². The maximum absolute atomic E-state index is 11.8. The van der Waals surface area contributed by atoms with E-state index in [1.807, 2.05) is 48.5 Å². The molecule has 0 atom stereocenters. The molecule has 9 nitrogen and oxygen atoms in total. The summed E-state index contributed by atoms with van der Waals surface area (Å²) in [5.41, 5.74) is 1.35. The summed E-state index contributed by atoms with van der Waals surface area (Å²) >= 11 is 2.78. The number of hydrogen-bond donors (Lipinski definition) is 2. The Kier molecular flexibility index (Phi) is 4.22. The number of nitrogens with one attached hydrogen (secondary N) is 2. The van der Waals surface area contributed by atoms with E-state index in [9.17, 15) is 10.1 Å². The number of rotatable bonds is 5. The lowest BCUT2D eigenvalue weighted by Crippen LogP contribution is -2.05. The van der Waals surface area contributed by atoms with Crippen LogP contribution < -0.4 is 10.6 Å². The van der Waals surface area contributed by atoms with Gasteiger partial charge in [0.2, 0.25) is 11.6 Å². The summed E-state index contributed by atoms with van der Waals surface area (Å²) in [6, 6.07) is 15.2. The van der Waals surface area contributed by atoms with Gasteiger partial charge in [0.25, 0.3) is 0 Å². The number of benzene rings is 2. The number of aromatic nitrogens is 4. The fraction of sp³-hybridized carbons (Fsp3) is 0. The Labute approximate surface area is 171 Å². The third-order valence-corrected chi connectivity index (χ3v) is 5.95. The normalized spacial score (nSPS) is 11.0. The van der Waals surface area contributed by atoms with Crippen LogP contribution in [0.3, 0.4) is 0 Å². The molecule has 0 unspecified atom stereocenters. The second-order valence-electron chi connectivity index (χ2n) is 5.90. The van der Waals surface area contributed by atoms with Crippen LogP contribution >= 0.6 is 22.7 Å². The molecule has 29 heavy (non-hydrogen) atoms. The zero-order valence-electron chi connectivity index (χ0n) is 14.6. The molecule has 2 aromatic carbocycles. The molecule has 5 rings (SSSR count). The molecule has 0 fully saturated rings. The molecule has 3 heterocycles. The summed E-state index contributed by atoms with van der Waals surface area (Å²) in [6.07, 6.45) is 1.26. The van der Waals surface area contributed by atoms with Crippen LogP contribution in [0.25, 0.3) is 20.4 Å². The van der Waals surface area contributed by atoms with E-state index in [1.165, 1.54) is 29.0 Å². The van der Waals surface area contributed by atoms with E-state index in [0.29, 0.717) is 10.3 Å². The van der Waals surface area contributed by atoms with Crippen molar-refractivity contribution in [2.24, 2.45) is 0 Å². The van der Waals surface area contributed by atoms with Gasteiger partial charge in [-0.05, 0) is 24.3 Å². The maximum Gasteiger partial charge on any atom is 0.354 e. The molecule has 0 amide bonds. The molecule has 0 aliphatic heterocycles. The molecule has 142 valence electrons. The van der Waals surface area contributed by atoms with Gasteiger partial charge in [-0.15, -0.1) is 0 Å². The molecule has 0 bridgehead atoms. The molecule has 2 N–H and O–H groups in total. The number of nitrogens with zero attached hydrogens (tertiary/aromatic N) is 5. The van der Waals surface area contributed by atoms with E-state index < -0.39 is 4.92 Å². The SMILES string of the molecule is O=[N+]([O-])c1c(Nc2nc3ccccc3s2)ncnc1Nc1nc2ccccc2s1.